The van der Waals surface area contributed by atoms with Gasteiger partial charge in [-0.1, -0.05) is 48.8 Å². The fraction of sp³-hybridized carbons (Fsp3) is 0.476. The number of benzene rings is 1. The van der Waals surface area contributed by atoms with Gasteiger partial charge in [0.15, 0.2) is 0 Å². The van der Waals surface area contributed by atoms with E-state index in [4.69, 9.17) is 4.52 Å². The highest BCUT2D eigenvalue weighted by atomic mass is 16.5. The van der Waals surface area contributed by atoms with Crippen molar-refractivity contribution in [3.8, 4) is 11.3 Å². The first-order valence-electron chi connectivity index (χ1n) is 9.35. The van der Waals surface area contributed by atoms with Crippen molar-refractivity contribution in [1.82, 2.24) is 10.1 Å². The molecule has 1 fully saturated rings. The van der Waals surface area contributed by atoms with E-state index in [9.17, 15) is 14.7 Å². The highest BCUT2D eigenvalue weighted by Gasteiger charge is 2.45. The summed E-state index contributed by atoms with van der Waals surface area (Å²) >= 11 is 0. The van der Waals surface area contributed by atoms with E-state index in [2.05, 4.69) is 5.16 Å². The summed E-state index contributed by atoms with van der Waals surface area (Å²) in [5.41, 5.74) is 1.74. The molecule has 1 saturated heterocycles. The lowest BCUT2D eigenvalue weighted by molar-refractivity contribution is -0.156. The Morgan fingerprint density at radius 3 is 2.63 bits per heavy atom. The number of rotatable bonds is 5. The minimum absolute atomic E-state index is 0.00163. The van der Waals surface area contributed by atoms with E-state index in [-0.39, 0.29) is 24.8 Å². The normalized spacial score (nSPS) is 20.1. The molecule has 6 nitrogen and oxygen atoms in total. The monoisotopic (exact) mass is 370 g/mol. The maximum absolute atomic E-state index is 12.4. The minimum Gasteiger partial charge on any atom is -0.481 e. The molecule has 0 radical (unpaired) electrons. The molecule has 0 unspecified atom stereocenters. The van der Waals surface area contributed by atoms with Crippen LogP contribution in [-0.4, -0.2) is 40.1 Å². The summed E-state index contributed by atoms with van der Waals surface area (Å²) in [6.07, 6.45) is 1.41. The van der Waals surface area contributed by atoms with E-state index in [1.165, 1.54) is 0 Å². The summed E-state index contributed by atoms with van der Waals surface area (Å²) in [4.78, 5) is 26.2. The highest BCUT2D eigenvalue weighted by Crippen LogP contribution is 2.35. The molecular weight excluding hydrogens is 344 g/mol. The van der Waals surface area contributed by atoms with Crippen LogP contribution in [0.25, 0.3) is 11.3 Å². The van der Waals surface area contributed by atoms with Gasteiger partial charge in [0.2, 0.25) is 5.91 Å². The van der Waals surface area contributed by atoms with Crippen LogP contribution < -0.4 is 0 Å². The van der Waals surface area contributed by atoms with Gasteiger partial charge in [0.25, 0.3) is 0 Å². The molecule has 3 rings (SSSR count). The summed E-state index contributed by atoms with van der Waals surface area (Å²) in [7, 11) is 0. The Balaban J connectivity index is 1.81. The van der Waals surface area contributed by atoms with Gasteiger partial charge in [-0.25, -0.2) is 0 Å². The Bertz CT molecular complexity index is 825. The number of carbonyl (C=O) groups is 2. The van der Waals surface area contributed by atoms with Crippen molar-refractivity contribution in [3.63, 3.8) is 0 Å². The molecule has 1 aromatic heterocycles. The van der Waals surface area contributed by atoms with Crippen LogP contribution in [0.2, 0.25) is 0 Å². The van der Waals surface area contributed by atoms with Crippen LogP contribution in [0.5, 0.6) is 0 Å². The number of aliphatic carboxylic acids is 1. The van der Waals surface area contributed by atoms with E-state index in [1.54, 1.807) is 11.0 Å². The van der Waals surface area contributed by atoms with Gasteiger partial charge in [-0.15, -0.1) is 0 Å². The van der Waals surface area contributed by atoms with E-state index in [0.29, 0.717) is 30.8 Å². The maximum Gasteiger partial charge on any atom is 0.311 e. The van der Waals surface area contributed by atoms with Crippen molar-refractivity contribution in [2.24, 2.45) is 11.3 Å². The van der Waals surface area contributed by atoms with Crippen LogP contribution in [0.1, 0.15) is 38.0 Å². The fourth-order valence-corrected chi connectivity index (χ4v) is 3.67. The molecule has 2 aromatic rings. The molecule has 144 valence electrons. The molecule has 0 saturated carbocycles. The first-order valence-corrected chi connectivity index (χ1v) is 9.35. The van der Waals surface area contributed by atoms with Gasteiger partial charge in [-0.2, -0.15) is 0 Å². The van der Waals surface area contributed by atoms with Gasteiger partial charge < -0.3 is 14.5 Å². The molecule has 1 aliphatic heterocycles. The zero-order valence-electron chi connectivity index (χ0n) is 16.1. The number of aryl methyl sites for hydroxylation is 1. The van der Waals surface area contributed by atoms with E-state index < -0.39 is 11.4 Å². The second-order valence-corrected chi connectivity index (χ2v) is 7.82. The average Bonchev–Trinajstić information content (AvgIpc) is 3.10. The standard InChI is InChI=1S/C21H26N2O4/c1-14(2)19(24)23-10-4-9-21(13-23,20(25)26)12-17-11-18(22-27-17)16-7-5-15(3)6-8-16/h5-8,11,14H,4,9-10,12-13H2,1-3H3,(H,25,26)/t21-/m0/s1. The van der Waals surface area contributed by atoms with Crippen LogP contribution in [0.15, 0.2) is 34.9 Å². The molecule has 1 N–H and O–H groups in total. The molecule has 1 amide bonds. The van der Waals surface area contributed by atoms with Gasteiger partial charge in [-0.3, -0.25) is 9.59 Å². The smallest absolute Gasteiger partial charge is 0.311 e. The molecular formula is C21H26N2O4. The fourth-order valence-electron chi connectivity index (χ4n) is 3.67. The van der Waals surface area contributed by atoms with Crippen molar-refractivity contribution in [3.05, 3.63) is 41.7 Å². The van der Waals surface area contributed by atoms with Crippen molar-refractivity contribution in [1.29, 1.82) is 0 Å². The maximum atomic E-state index is 12.4. The third-order valence-electron chi connectivity index (χ3n) is 5.26. The second-order valence-electron chi connectivity index (χ2n) is 7.82. The number of carboxylic acid groups (broad SMARTS) is 1. The molecule has 27 heavy (non-hydrogen) atoms. The topological polar surface area (TPSA) is 83.6 Å². The first-order chi connectivity index (χ1) is 12.8. The Hall–Kier alpha value is -2.63. The van der Waals surface area contributed by atoms with Crippen molar-refractivity contribution in [2.75, 3.05) is 13.1 Å². The minimum atomic E-state index is -1.03. The van der Waals surface area contributed by atoms with Gasteiger partial charge in [-0.05, 0) is 19.8 Å². The second kappa shape index (κ2) is 7.55. The number of piperidine rings is 1. The number of hydrogen-bond acceptors (Lipinski definition) is 4. The molecule has 0 spiro atoms. The Labute approximate surface area is 159 Å². The lowest BCUT2D eigenvalue weighted by Gasteiger charge is -2.40. The van der Waals surface area contributed by atoms with Gasteiger partial charge in [0, 0.05) is 37.1 Å². The van der Waals surface area contributed by atoms with Gasteiger partial charge in [0.1, 0.15) is 11.5 Å². The largest absolute Gasteiger partial charge is 0.481 e. The number of hydrogen-bond donors (Lipinski definition) is 1. The van der Waals surface area contributed by atoms with Gasteiger partial charge >= 0.3 is 5.97 Å². The third-order valence-corrected chi connectivity index (χ3v) is 5.26. The van der Waals surface area contributed by atoms with Crippen LogP contribution in [0.4, 0.5) is 0 Å². The molecule has 0 aliphatic carbocycles. The van der Waals surface area contributed by atoms with Crippen LogP contribution in [0, 0.1) is 18.3 Å². The summed E-state index contributed by atoms with van der Waals surface area (Å²) in [6.45, 7) is 6.51. The third kappa shape index (κ3) is 4.04. The summed E-state index contributed by atoms with van der Waals surface area (Å²) in [5, 5.41) is 14.0. The number of likely N-dealkylation sites (tertiary alicyclic amines) is 1. The SMILES string of the molecule is Cc1ccc(-c2cc(C[C@@]3(C(=O)O)CCCN(C(=O)C(C)C)C3)on2)cc1. The average molecular weight is 370 g/mol. The lowest BCUT2D eigenvalue weighted by Crippen LogP contribution is -2.51. The molecule has 1 aliphatic rings. The van der Waals surface area contributed by atoms with Crippen LogP contribution in [0.3, 0.4) is 0 Å². The summed E-state index contributed by atoms with van der Waals surface area (Å²) in [6, 6.07) is 9.73. The number of amides is 1. The summed E-state index contributed by atoms with van der Waals surface area (Å²) in [5.74, 6) is -0.505. The Morgan fingerprint density at radius 2 is 2.00 bits per heavy atom. The van der Waals surface area contributed by atoms with E-state index in [0.717, 1.165) is 11.1 Å². The molecule has 1 aromatic carbocycles. The number of carboxylic acids is 1. The summed E-state index contributed by atoms with van der Waals surface area (Å²) < 4.78 is 5.45. The molecule has 2 heterocycles. The van der Waals surface area contributed by atoms with Crippen LogP contribution in [-0.2, 0) is 16.0 Å². The molecule has 0 bridgehead atoms. The zero-order valence-corrected chi connectivity index (χ0v) is 16.1. The quantitative estimate of drug-likeness (QED) is 0.870. The van der Waals surface area contributed by atoms with E-state index >= 15 is 0 Å². The Morgan fingerprint density at radius 1 is 1.30 bits per heavy atom. The van der Waals surface area contributed by atoms with Crippen molar-refractivity contribution >= 4 is 11.9 Å². The molecule has 1 atom stereocenters. The van der Waals surface area contributed by atoms with Gasteiger partial charge in [0.05, 0.1) is 5.41 Å². The number of aromatic nitrogens is 1. The highest BCUT2D eigenvalue weighted by molar-refractivity contribution is 5.81. The lowest BCUT2D eigenvalue weighted by atomic mass is 9.76. The Kier molecular flexibility index (Phi) is 5.35. The van der Waals surface area contributed by atoms with Crippen molar-refractivity contribution in [2.45, 2.75) is 40.0 Å². The number of nitrogens with zero attached hydrogens (tertiary/aromatic N) is 2. The van der Waals surface area contributed by atoms with Crippen molar-refractivity contribution < 1.29 is 19.2 Å². The first kappa shape index (κ1) is 19.1. The molecule has 6 heteroatoms. The van der Waals surface area contributed by atoms with E-state index in [1.807, 2.05) is 45.0 Å². The zero-order chi connectivity index (χ0) is 19.6. The predicted molar refractivity (Wildman–Crippen MR) is 101 cm³/mol. The van der Waals surface area contributed by atoms with Crippen LogP contribution >= 0.6 is 0 Å². The predicted octanol–water partition coefficient (Wildman–Crippen LogP) is 3.54. The number of carbonyl (C=O) groups excluding carboxylic acids is 1.